The normalized spacial score (nSPS) is 26.9. The van der Waals surface area contributed by atoms with Gasteiger partial charge in [0, 0.05) is 11.4 Å². The van der Waals surface area contributed by atoms with Crippen LogP contribution >= 0.6 is 11.3 Å². The minimum absolute atomic E-state index is 0.538. The summed E-state index contributed by atoms with van der Waals surface area (Å²) in [5, 5.41) is 15.1. The molecule has 2 N–H and O–H groups in total. The molecule has 0 radical (unpaired) electrons. The zero-order valence-electron chi connectivity index (χ0n) is 12.4. The zero-order valence-corrected chi connectivity index (χ0v) is 13.2. The van der Waals surface area contributed by atoms with E-state index in [2.05, 4.69) is 25.2 Å². The molecular weight excluding hydrogens is 270 g/mol. The number of carboxylic acid groups (broad SMARTS) is 1. The van der Waals surface area contributed by atoms with E-state index in [1.807, 2.05) is 11.4 Å². The number of nitrogens with one attached hydrogen (secondary N) is 1. The lowest BCUT2D eigenvalue weighted by molar-refractivity contribution is -0.147. The van der Waals surface area contributed by atoms with E-state index in [1.54, 1.807) is 11.3 Å². The van der Waals surface area contributed by atoms with E-state index in [0.717, 1.165) is 25.7 Å². The summed E-state index contributed by atoms with van der Waals surface area (Å²) in [6, 6.07) is 4.07. The average Bonchev–Trinajstić information content (AvgIpc) is 2.89. The number of hydrogen-bond acceptors (Lipinski definition) is 3. The molecule has 0 spiro atoms. The summed E-state index contributed by atoms with van der Waals surface area (Å²) < 4.78 is 0. The van der Waals surface area contributed by atoms with E-state index in [-0.39, 0.29) is 0 Å². The van der Waals surface area contributed by atoms with Crippen LogP contribution in [0.3, 0.4) is 0 Å². The number of thiophene rings is 1. The predicted octanol–water partition coefficient (Wildman–Crippen LogP) is 3.90. The lowest BCUT2D eigenvalue weighted by Gasteiger charge is -2.39. The van der Waals surface area contributed by atoms with Crippen molar-refractivity contribution in [2.24, 2.45) is 11.8 Å². The van der Waals surface area contributed by atoms with Gasteiger partial charge in [0.05, 0.1) is 0 Å². The molecule has 1 aromatic heterocycles. The number of carboxylic acids is 1. The molecule has 0 aliphatic heterocycles. The van der Waals surface area contributed by atoms with Crippen molar-refractivity contribution in [1.29, 1.82) is 0 Å². The monoisotopic (exact) mass is 295 g/mol. The van der Waals surface area contributed by atoms with E-state index in [0.29, 0.717) is 18.4 Å². The van der Waals surface area contributed by atoms with Crippen molar-refractivity contribution in [1.82, 2.24) is 5.32 Å². The van der Waals surface area contributed by atoms with Crippen molar-refractivity contribution < 1.29 is 9.90 Å². The highest BCUT2D eigenvalue weighted by molar-refractivity contribution is 7.09. The molecule has 2 unspecified atom stereocenters. The van der Waals surface area contributed by atoms with Crippen LogP contribution in [-0.4, -0.2) is 16.6 Å². The number of carbonyl (C=O) groups is 1. The third-order valence-corrected chi connectivity index (χ3v) is 5.12. The van der Waals surface area contributed by atoms with Crippen LogP contribution in [0.4, 0.5) is 0 Å². The van der Waals surface area contributed by atoms with Crippen molar-refractivity contribution in [2.45, 2.75) is 58.0 Å². The maximum atomic E-state index is 11.8. The lowest BCUT2D eigenvalue weighted by atomic mass is 9.73. The molecule has 0 aromatic carbocycles. The first kappa shape index (κ1) is 15.5. The largest absolute Gasteiger partial charge is 0.480 e. The smallest absolute Gasteiger partial charge is 0.323 e. The maximum absolute atomic E-state index is 11.8. The van der Waals surface area contributed by atoms with E-state index in [4.69, 9.17) is 0 Å². The number of rotatable bonds is 6. The first-order valence-corrected chi connectivity index (χ1v) is 8.40. The summed E-state index contributed by atoms with van der Waals surface area (Å²) in [7, 11) is 0. The third-order valence-electron chi connectivity index (χ3n) is 4.25. The van der Waals surface area contributed by atoms with Gasteiger partial charge >= 0.3 is 5.97 Å². The highest BCUT2D eigenvalue weighted by Crippen LogP contribution is 2.36. The molecular formula is C16H25NO2S. The summed E-state index contributed by atoms with van der Waals surface area (Å²) in [6.45, 7) is 5.10. The van der Waals surface area contributed by atoms with Crippen molar-refractivity contribution >= 4 is 17.3 Å². The van der Waals surface area contributed by atoms with E-state index in [1.165, 1.54) is 11.3 Å². The second kappa shape index (κ2) is 6.72. The van der Waals surface area contributed by atoms with Gasteiger partial charge in [0.2, 0.25) is 0 Å². The van der Waals surface area contributed by atoms with Crippen molar-refractivity contribution in [2.75, 3.05) is 0 Å². The van der Waals surface area contributed by atoms with E-state index >= 15 is 0 Å². The fourth-order valence-electron chi connectivity index (χ4n) is 3.36. The Morgan fingerprint density at radius 2 is 2.40 bits per heavy atom. The number of hydrogen-bond donors (Lipinski definition) is 2. The molecule has 1 aromatic rings. The fourth-order valence-corrected chi connectivity index (χ4v) is 4.00. The maximum Gasteiger partial charge on any atom is 0.323 e. The van der Waals surface area contributed by atoms with E-state index in [9.17, 15) is 9.90 Å². The van der Waals surface area contributed by atoms with Crippen LogP contribution in [-0.2, 0) is 11.3 Å². The minimum Gasteiger partial charge on any atom is -0.480 e. The molecule has 0 saturated heterocycles. The Bertz CT molecular complexity index is 430. The molecule has 2 rings (SSSR count). The first-order chi connectivity index (χ1) is 9.52. The minimum atomic E-state index is -0.720. The van der Waals surface area contributed by atoms with Gasteiger partial charge in [0.1, 0.15) is 5.54 Å². The predicted molar refractivity (Wildman–Crippen MR) is 82.9 cm³/mol. The van der Waals surface area contributed by atoms with Gasteiger partial charge in [0.25, 0.3) is 0 Å². The molecule has 1 aliphatic rings. The van der Waals surface area contributed by atoms with Crippen LogP contribution in [0.2, 0.25) is 0 Å². The molecule has 1 heterocycles. The lowest BCUT2D eigenvalue weighted by Crippen LogP contribution is -2.54. The van der Waals surface area contributed by atoms with Gasteiger partial charge in [-0.3, -0.25) is 10.1 Å². The molecule has 2 atom stereocenters. The Morgan fingerprint density at radius 3 is 3.00 bits per heavy atom. The van der Waals surface area contributed by atoms with Crippen LogP contribution in [0.25, 0.3) is 0 Å². The van der Waals surface area contributed by atoms with Crippen LogP contribution < -0.4 is 5.32 Å². The summed E-state index contributed by atoms with van der Waals surface area (Å²) in [5.74, 6) is 0.500. The Hall–Kier alpha value is -0.870. The Labute approximate surface area is 125 Å². The van der Waals surface area contributed by atoms with Crippen molar-refractivity contribution in [3.8, 4) is 0 Å². The highest BCUT2D eigenvalue weighted by atomic mass is 32.1. The Morgan fingerprint density at radius 1 is 1.60 bits per heavy atom. The van der Waals surface area contributed by atoms with Crippen LogP contribution in [0.5, 0.6) is 0 Å². The fraction of sp³-hybridized carbons (Fsp3) is 0.688. The molecule has 4 heteroatoms. The summed E-state index contributed by atoms with van der Waals surface area (Å²) in [5.41, 5.74) is -0.720. The number of aliphatic carboxylic acids is 1. The van der Waals surface area contributed by atoms with Gasteiger partial charge in [-0.15, -0.1) is 11.3 Å². The second-order valence-corrected chi connectivity index (χ2v) is 7.44. The topological polar surface area (TPSA) is 49.3 Å². The second-order valence-electron chi connectivity index (χ2n) is 6.41. The molecule has 3 nitrogen and oxygen atoms in total. The van der Waals surface area contributed by atoms with E-state index < -0.39 is 11.5 Å². The van der Waals surface area contributed by atoms with Gasteiger partial charge in [0.15, 0.2) is 0 Å². The van der Waals surface area contributed by atoms with Gasteiger partial charge < -0.3 is 5.11 Å². The summed E-state index contributed by atoms with van der Waals surface area (Å²) in [4.78, 5) is 13.0. The van der Waals surface area contributed by atoms with Gasteiger partial charge in [-0.1, -0.05) is 32.8 Å². The Balaban J connectivity index is 2.02. The van der Waals surface area contributed by atoms with Crippen molar-refractivity contribution in [3.05, 3.63) is 22.4 Å². The molecule has 20 heavy (non-hydrogen) atoms. The van der Waals surface area contributed by atoms with Crippen LogP contribution in [0, 0.1) is 11.8 Å². The third kappa shape index (κ3) is 3.83. The van der Waals surface area contributed by atoms with Gasteiger partial charge in [-0.25, -0.2) is 0 Å². The Kier molecular flexibility index (Phi) is 5.22. The van der Waals surface area contributed by atoms with Crippen molar-refractivity contribution in [3.63, 3.8) is 0 Å². The summed E-state index contributed by atoms with van der Waals surface area (Å²) in [6.07, 6.45) is 4.85. The molecule has 112 valence electrons. The molecule has 1 aliphatic carbocycles. The SMILES string of the molecule is CC(C)CC1CCCC(NCc2cccs2)(C(=O)O)C1. The van der Waals surface area contributed by atoms with Crippen LogP contribution in [0.1, 0.15) is 50.8 Å². The molecule has 1 fully saturated rings. The van der Waals surface area contributed by atoms with Gasteiger partial charge in [-0.2, -0.15) is 0 Å². The summed E-state index contributed by atoms with van der Waals surface area (Å²) >= 11 is 1.68. The average molecular weight is 295 g/mol. The quantitative estimate of drug-likeness (QED) is 0.837. The highest BCUT2D eigenvalue weighted by Gasteiger charge is 2.42. The molecule has 1 saturated carbocycles. The standard InChI is InChI=1S/C16H25NO2S/c1-12(2)9-13-5-3-7-16(10-13,15(18)19)17-11-14-6-4-8-20-14/h4,6,8,12-13,17H,3,5,7,9-11H2,1-2H3,(H,18,19). The molecule has 0 bridgehead atoms. The first-order valence-electron chi connectivity index (χ1n) is 7.52. The zero-order chi connectivity index (χ0) is 14.6. The molecule has 0 amide bonds. The van der Waals surface area contributed by atoms with Gasteiger partial charge in [-0.05, 0) is 42.5 Å². The van der Waals surface area contributed by atoms with Crippen LogP contribution in [0.15, 0.2) is 17.5 Å².